The van der Waals surface area contributed by atoms with Crippen LogP contribution in [0.15, 0.2) is 140 Å². The Balaban J connectivity index is 1.02. The van der Waals surface area contributed by atoms with Crippen LogP contribution in [-0.4, -0.2) is 28.4 Å². The average Bonchev–Trinajstić information content (AvgIpc) is 3.75. The van der Waals surface area contributed by atoms with Gasteiger partial charge in [0.25, 0.3) is 0 Å². The van der Waals surface area contributed by atoms with Crippen molar-refractivity contribution in [1.82, 2.24) is 15.2 Å². The maximum absolute atomic E-state index is 9.20. The van der Waals surface area contributed by atoms with Crippen molar-refractivity contribution in [3.8, 4) is 11.1 Å². The largest absolute Gasteiger partial charge is 0.355 e. The lowest BCUT2D eigenvalue weighted by Crippen LogP contribution is -2.51. The number of H-pyrrole nitrogens is 1. The second-order valence-electron chi connectivity index (χ2n) is 15.4. The van der Waals surface area contributed by atoms with Gasteiger partial charge in [-0.05, 0) is 76.4 Å². The Hall–Kier alpha value is -5.49. The Morgan fingerprint density at radius 3 is 2.57 bits per heavy atom. The summed E-state index contributed by atoms with van der Waals surface area (Å²) < 4.78 is 2.69. The minimum atomic E-state index is -0.235. The van der Waals surface area contributed by atoms with Gasteiger partial charge in [0.2, 0.25) is 0 Å². The van der Waals surface area contributed by atoms with Crippen LogP contribution < -0.4 is 5.32 Å². The Morgan fingerprint density at radius 1 is 0.906 bits per heavy atom. The van der Waals surface area contributed by atoms with Gasteiger partial charge in [0.1, 0.15) is 5.84 Å². The highest BCUT2D eigenvalue weighted by atomic mass is 32.1. The van der Waals surface area contributed by atoms with Crippen LogP contribution in [0.25, 0.3) is 53.9 Å². The molecule has 2 aromatic heterocycles. The molecule has 7 aromatic rings. The number of fused-ring (bicyclic) bond motifs is 6. The third-order valence-corrected chi connectivity index (χ3v) is 12.9. The lowest BCUT2D eigenvalue weighted by molar-refractivity contribution is 0.191. The van der Waals surface area contributed by atoms with E-state index in [2.05, 4.69) is 144 Å². The van der Waals surface area contributed by atoms with Gasteiger partial charge >= 0.3 is 0 Å². The Kier molecular flexibility index (Phi) is 7.64. The molecule has 4 nitrogen and oxygen atoms in total. The van der Waals surface area contributed by atoms with E-state index in [0.717, 1.165) is 24.9 Å². The maximum atomic E-state index is 9.20. The van der Waals surface area contributed by atoms with Crippen molar-refractivity contribution in [3.05, 3.63) is 168 Å². The monoisotopic (exact) mass is 706 g/mol. The molecule has 2 aliphatic carbocycles. The molecule has 10 rings (SSSR count). The number of nitrogens with one attached hydrogen (secondary N) is 3. The summed E-state index contributed by atoms with van der Waals surface area (Å²) in [6.07, 6.45) is 13.3. The first-order valence-electron chi connectivity index (χ1n) is 18.8. The van der Waals surface area contributed by atoms with Gasteiger partial charge in [-0.25, -0.2) is 0 Å². The summed E-state index contributed by atoms with van der Waals surface area (Å²) in [5, 5.41) is 17.0. The molecule has 5 heteroatoms. The van der Waals surface area contributed by atoms with Gasteiger partial charge in [-0.2, -0.15) is 0 Å². The van der Waals surface area contributed by atoms with Gasteiger partial charge in [0.15, 0.2) is 0 Å². The molecule has 0 spiro atoms. The van der Waals surface area contributed by atoms with Crippen LogP contribution in [0.1, 0.15) is 54.3 Å². The standard InChI is InChI=1S/C48H42N4S/c1-30-21-23-40-38(26-30)39-27-33(22-24-41(39)50-40)35-17-10-20-43-44(35)37-19-9-18-36(45(37)53-43)42-29-52(42)47(51-46(49)32-14-7-4-8-15-32)48(2)25-11-16-34(28-48)31-12-5-3-6-13-31/h3-25,27,30,42,47,50H,26,28-29H2,1-2H3,(H2,49,51). The molecule has 3 N–H and O–H groups in total. The smallest absolute Gasteiger partial charge is 0.126 e. The molecule has 0 radical (unpaired) electrons. The molecule has 0 bridgehead atoms. The molecule has 53 heavy (non-hydrogen) atoms. The quantitative estimate of drug-likeness (QED) is 0.0878. The minimum absolute atomic E-state index is 0.0689. The molecule has 260 valence electrons. The number of benzene rings is 5. The number of aromatic nitrogens is 1. The third-order valence-electron chi connectivity index (χ3n) is 11.7. The van der Waals surface area contributed by atoms with Gasteiger partial charge in [-0.1, -0.05) is 135 Å². The predicted molar refractivity (Wildman–Crippen MR) is 224 cm³/mol. The number of amidine groups is 1. The zero-order valence-electron chi connectivity index (χ0n) is 30.1. The molecule has 1 aliphatic heterocycles. The summed E-state index contributed by atoms with van der Waals surface area (Å²) >= 11 is 1.92. The van der Waals surface area contributed by atoms with Gasteiger partial charge in [0.05, 0.1) is 12.2 Å². The predicted octanol–water partition coefficient (Wildman–Crippen LogP) is 11.8. The topological polar surface area (TPSA) is 54.7 Å². The zero-order chi connectivity index (χ0) is 35.7. The summed E-state index contributed by atoms with van der Waals surface area (Å²) in [5.41, 5.74) is 11.1. The third kappa shape index (κ3) is 5.58. The lowest BCUT2D eigenvalue weighted by Gasteiger charge is -2.40. The van der Waals surface area contributed by atoms with Crippen LogP contribution in [0.2, 0.25) is 0 Å². The van der Waals surface area contributed by atoms with Crippen LogP contribution >= 0.6 is 11.3 Å². The van der Waals surface area contributed by atoms with Crippen LogP contribution in [0.4, 0.5) is 0 Å². The molecule has 5 atom stereocenters. The Bertz CT molecular complexity index is 2640. The summed E-state index contributed by atoms with van der Waals surface area (Å²) in [4.78, 5) is 6.24. The first-order valence-corrected chi connectivity index (χ1v) is 19.6. The van der Waals surface area contributed by atoms with Crippen molar-refractivity contribution in [2.75, 3.05) is 6.54 Å². The first kappa shape index (κ1) is 32.2. The molecule has 3 heterocycles. The molecule has 0 saturated carbocycles. The number of hydrogen-bond donors (Lipinski definition) is 3. The number of rotatable bonds is 7. The molecule has 3 aliphatic rings. The van der Waals surface area contributed by atoms with Gasteiger partial charge in [-0.15, -0.1) is 11.3 Å². The lowest BCUT2D eigenvalue weighted by atomic mass is 9.75. The highest BCUT2D eigenvalue weighted by molar-refractivity contribution is 7.26. The van der Waals surface area contributed by atoms with E-state index in [4.69, 9.17) is 0 Å². The van der Waals surface area contributed by atoms with Gasteiger partial charge < -0.3 is 10.3 Å². The molecule has 0 amide bonds. The van der Waals surface area contributed by atoms with Crippen molar-refractivity contribution in [1.29, 1.82) is 5.41 Å². The number of aromatic amines is 1. The second-order valence-corrected chi connectivity index (χ2v) is 16.5. The van der Waals surface area contributed by atoms with E-state index in [9.17, 15) is 5.41 Å². The molecular formula is C48H42N4S. The Labute approximate surface area is 314 Å². The number of allylic oxidation sites excluding steroid dienone is 4. The number of nitrogens with zero attached hydrogens (tertiary/aromatic N) is 1. The molecular weight excluding hydrogens is 665 g/mol. The molecule has 5 unspecified atom stereocenters. The van der Waals surface area contributed by atoms with Crippen molar-refractivity contribution in [2.24, 2.45) is 11.3 Å². The van der Waals surface area contributed by atoms with E-state index >= 15 is 0 Å². The van der Waals surface area contributed by atoms with Crippen molar-refractivity contribution < 1.29 is 0 Å². The van der Waals surface area contributed by atoms with Gasteiger partial charge in [0, 0.05) is 54.3 Å². The van der Waals surface area contributed by atoms with Crippen molar-refractivity contribution in [2.45, 2.75) is 38.9 Å². The van der Waals surface area contributed by atoms with Crippen molar-refractivity contribution in [3.63, 3.8) is 0 Å². The number of thiophene rings is 1. The number of hydrogen-bond acceptors (Lipinski definition) is 3. The average molecular weight is 707 g/mol. The summed E-state index contributed by atoms with van der Waals surface area (Å²) in [6, 6.07) is 41.8. The molecule has 1 fully saturated rings. The maximum Gasteiger partial charge on any atom is 0.126 e. The highest BCUT2D eigenvalue weighted by Gasteiger charge is 2.49. The van der Waals surface area contributed by atoms with E-state index in [-0.39, 0.29) is 17.6 Å². The molecule has 5 aromatic carbocycles. The van der Waals surface area contributed by atoms with E-state index in [1.54, 1.807) is 0 Å². The van der Waals surface area contributed by atoms with Gasteiger partial charge in [-0.3, -0.25) is 10.3 Å². The first-order chi connectivity index (χ1) is 25.9. The summed E-state index contributed by atoms with van der Waals surface area (Å²) in [5.74, 6) is 1.01. The van der Waals surface area contributed by atoms with E-state index in [1.165, 1.54) is 70.2 Å². The highest BCUT2D eigenvalue weighted by Crippen LogP contribution is 2.51. The van der Waals surface area contributed by atoms with E-state index < -0.39 is 0 Å². The minimum Gasteiger partial charge on any atom is -0.355 e. The van der Waals surface area contributed by atoms with Crippen LogP contribution in [0.3, 0.4) is 0 Å². The van der Waals surface area contributed by atoms with E-state index in [0.29, 0.717) is 11.8 Å². The Morgan fingerprint density at radius 2 is 1.72 bits per heavy atom. The fourth-order valence-corrected chi connectivity index (χ4v) is 10.2. The normalized spacial score (nSPS) is 22.5. The second kappa shape index (κ2) is 12.6. The molecule has 1 saturated heterocycles. The van der Waals surface area contributed by atoms with Crippen LogP contribution in [-0.2, 0) is 6.42 Å². The SMILES string of the molecule is CC1C=Cc2[nH]c3ccc(-c4cccc5sc6c(C7CN7C(NC(=N)c7ccccc7)C7(C)C=CC=C(c8ccccc8)C7)cccc6c45)cc3c2C1. The summed E-state index contributed by atoms with van der Waals surface area (Å²) in [7, 11) is 0. The zero-order valence-corrected chi connectivity index (χ0v) is 30.9. The van der Waals surface area contributed by atoms with Crippen LogP contribution in [0.5, 0.6) is 0 Å². The fraction of sp³-hybridized carbons (Fsp3) is 0.188. The van der Waals surface area contributed by atoms with Crippen LogP contribution in [0, 0.1) is 16.7 Å². The van der Waals surface area contributed by atoms with E-state index in [1.807, 2.05) is 41.7 Å². The summed E-state index contributed by atoms with van der Waals surface area (Å²) in [6.45, 7) is 5.60. The fourth-order valence-electron chi connectivity index (χ4n) is 8.94. The van der Waals surface area contributed by atoms with Crippen molar-refractivity contribution >= 4 is 59.9 Å².